The van der Waals surface area contributed by atoms with Crippen LogP contribution in [0.5, 0.6) is 0 Å². The highest BCUT2D eigenvalue weighted by molar-refractivity contribution is 5.91. The highest BCUT2D eigenvalue weighted by Crippen LogP contribution is 2.32. The number of hydrogen-bond donors (Lipinski definition) is 0. The second kappa shape index (κ2) is 6.44. The minimum absolute atomic E-state index is 0.156. The number of furan rings is 1. The van der Waals surface area contributed by atoms with Crippen LogP contribution in [0.15, 0.2) is 32.4 Å². The second-order valence-corrected chi connectivity index (χ2v) is 8.02. The van der Waals surface area contributed by atoms with E-state index in [2.05, 4.69) is 5.10 Å². The number of carbonyl (C=O) groups excluding carboxylic acids is 1. The maximum absolute atomic E-state index is 12.7. The molecule has 3 aliphatic rings. The quantitative estimate of drug-likeness (QED) is 0.717. The summed E-state index contributed by atoms with van der Waals surface area (Å²) in [6, 6.07) is 3.30. The largest absolute Gasteiger partial charge is 0.459 e. The topological polar surface area (TPSA) is 99.6 Å². The number of rotatable bonds is 3. The van der Waals surface area contributed by atoms with Gasteiger partial charge in [0.1, 0.15) is 12.2 Å². The molecule has 0 N–H and O–H groups in total. The zero-order valence-corrected chi connectivity index (χ0v) is 15.5. The molecule has 1 amide bonds. The van der Waals surface area contributed by atoms with Crippen molar-refractivity contribution in [3.63, 3.8) is 0 Å². The van der Waals surface area contributed by atoms with Gasteiger partial charge in [-0.15, -0.1) is 0 Å². The van der Waals surface area contributed by atoms with Crippen molar-refractivity contribution in [3.05, 3.63) is 50.7 Å². The number of aromatic nitrogens is 3. The molecule has 2 aromatic rings. The molecule has 0 radical (unpaired) electrons. The summed E-state index contributed by atoms with van der Waals surface area (Å²) >= 11 is 0. The van der Waals surface area contributed by atoms with Crippen molar-refractivity contribution in [1.29, 1.82) is 0 Å². The number of amides is 1. The van der Waals surface area contributed by atoms with E-state index < -0.39 is 16.7 Å². The minimum Gasteiger partial charge on any atom is -0.459 e. The first kappa shape index (κ1) is 17.4. The molecule has 0 bridgehead atoms. The summed E-state index contributed by atoms with van der Waals surface area (Å²) in [5.74, 6) is 0.994. The fourth-order valence-corrected chi connectivity index (χ4v) is 4.27. The molecule has 1 saturated carbocycles. The maximum Gasteiger partial charge on any atom is 0.332 e. The van der Waals surface area contributed by atoms with Gasteiger partial charge in [-0.25, -0.2) is 4.68 Å². The van der Waals surface area contributed by atoms with Crippen LogP contribution in [0.3, 0.4) is 0 Å². The van der Waals surface area contributed by atoms with Crippen LogP contribution in [0.1, 0.15) is 42.1 Å². The number of hydrogen-bond acceptors (Lipinski definition) is 6. The second-order valence-electron chi connectivity index (χ2n) is 8.02. The van der Waals surface area contributed by atoms with Crippen LogP contribution in [0.4, 0.5) is 0 Å². The molecule has 1 atom stereocenters. The van der Waals surface area contributed by atoms with Crippen LogP contribution in [-0.2, 0) is 24.4 Å². The Morgan fingerprint density at radius 1 is 1.25 bits per heavy atom. The number of carbonyl (C=O) groups is 1. The fraction of sp³-hybridized carbons (Fsp3) is 0.579. The van der Waals surface area contributed by atoms with Gasteiger partial charge < -0.3 is 14.1 Å². The monoisotopic (exact) mass is 386 g/mol. The summed E-state index contributed by atoms with van der Waals surface area (Å²) in [6.07, 6.45) is 5.38. The molecule has 1 unspecified atom stereocenters. The van der Waals surface area contributed by atoms with Crippen LogP contribution in [0.2, 0.25) is 0 Å². The lowest BCUT2D eigenvalue weighted by Gasteiger charge is -2.35. The van der Waals surface area contributed by atoms with E-state index in [9.17, 15) is 14.4 Å². The van der Waals surface area contributed by atoms with E-state index >= 15 is 0 Å². The van der Waals surface area contributed by atoms with Gasteiger partial charge >= 0.3 is 11.1 Å². The van der Waals surface area contributed by atoms with E-state index in [1.807, 2.05) is 0 Å². The molecule has 4 heterocycles. The lowest BCUT2D eigenvalue weighted by molar-refractivity contribution is -0.0844. The molecule has 1 aliphatic carbocycles. The van der Waals surface area contributed by atoms with Gasteiger partial charge in [-0.3, -0.25) is 19.0 Å². The third-order valence-corrected chi connectivity index (χ3v) is 6.16. The predicted octanol–water partition coefficient (Wildman–Crippen LogP) is 0.613. The van der Waals surface area contributed by atoms with E-state index in [0.29, 0.717) is 37.8 Å². The van der Waals surface area contributed by atoms with Crippen molar-refractivity contribution in [1.82, 2.24) is 19.2 Å². The first-order valence-electron chi connectivity index (χ1n) is 9.72. The molecule has 0 aromatic carbocycles. The average molecular weight is 386 g/mol. The number of fused-ring (bicyclic) bond motifs is 1. The smallest absolute Gasteiger partial charge is 0.332 e. The molecule has 2 fully saturated rings. The number of likely N-dealkylation sites (tertiary alicyclic amines) is 1. The normalized spacial score (nSPS) is 24.4. The van der Waals surface area contributed by atoms with Gasteiger partial charge in [0, 0.05) is 13.1 Å². The first-order valence-corrected chi connectivity index (χ1v) is 9.72. The van der Waals surface area contributed by atoms with Crippen molar-refractivity contribution in [2.45, 2.75) is 51.0 Å². The van der Waals surface area contributed by atoms with Gasteiger partial charge in [-0.2, -0.15) is 5.10 Å². The summed E-state index contributed by atoms with van der Waals surface area (Å²) in [6.45, 7) is 1.75. The summed E-state index contributed by atoms with van der Waals surface area (Å²) < 4.78 is 14.0. The molecule has 2 aliphatic heterocycles. The maximum atomic E-state index is 12.7. The van der Waals surface area contributed by atoms with E-state index in [1.165, 1.54) is 21.9 Å². The minimum atomic E-state index is -0.673. The molecule has 9 nitrogen and oxygen atoms in total. The van der Waals surface area contributed by atoms with Crippen LogP contribution in [0, 0.1) is 5.92 Å². The fourth-order valence-electron chi connectivity index (χ4n) is 4.27. The Kier molecular flexibility index (Phi) is 4.01. The summed E-state index contributed by atoms with van der Waals surface area (Å²) in [7, 11) is 0. The Morgan fingerprint density at radius 3 is 2.82 bits per heavy atom. The Morgan fingerprint density at radius 2 is 2.11 bits per heavy atom. The van der Waals surface area contributed by atoms with Crippen molar-refractivity contribution >= 4 is 5.91 Å². The van der Waals surface area contributed by atoms with E-state index in [-0.39, 0.29) is 24.8 Å². The molecule has 148 valence electrons. The molecular weight excluding hydrogens is 364 g/mol. The standard InChI is InChI=1S/C19H22N4O5/c24-16(14-5-2-8-27-14)21-7-6-19(11-21)12-22-15(10-28-19)20-23(18(26)17(22)25)9-13-3-1-4-13/h2,5,8,13H,1,3-4,6-7,9-12H2. The van der Waals surface area contributed by atoms with Crippen LogP contribution in [0.25, 0.3) is 0 Å². The van der Waals surface area contributed by atoms with Crippen LogP contribution < -0.4 is 11.1 Å². The Labute approximate surface area is 160 Å². The molecule has 2 aromatic heterocycles. The predicted molar refractivity (Wildman–Crippen MR) is 96.8 cm³/mol. The Hall–Kier alpha value is -2.68. The van der Waals surface area contributed by atoms with Crippen molar-refractivity contribution < 1.29 is 13.9 Å². The first-order chi connectivity index (χ1) is 13.5. The lowest BCUT2D eigenvalue weighted by Crippen LogP contribution is -2.53. The SMILES string of the molecule is O=C(c1ccco1)N1CCC2(C1)Cn1c(nn(CC3CCC3)c(=O)c1=O)CO2. The third-order valence-electron chi connectivity index (χ3n) is 6.16. The van der Waals surface area contributed by atoms with Gasteiger partial charge in [0.25, 0.3) is 5.91 Å². The van der Waals surface area contributed by atoms with Gasteiger partial charge in [0.2, 0.25) is 0 Å². The summed E-state index contributed by atoms with van der Waals surface area (Å²) in [5.41, 5.74) is -1.80. The van der Waals surface area contributed by atoms with Gasteiger partial charge in [0.05, 0.1) is 19.4 Å². The highest BCUT2D eigenvalue weighted by atomic mass is 16.5. The summed E-state index contributed by atoms with van der Waals surface area (Å²) in [4.78, 5) is 39.4. The van der Waals surface area contributed by atoms with E-state index in [1.54, 1.807) is 17.0 Å². The molecule has 1 spiro atoms. The zero-order valence-electron chi connectivity index (χ0n) is 15.5. The van der Waals surface area contributed by atoms with Gasteiger partial charge in [-0.1, -0.05) is 6.42 Å². The number of nitrogens with zero attached hydrogens (tertiary/aromatic N) is 4. The van der Waals surface area contributed by atoms with Gasteiger partial charge in [-0.05, 0) is 37.3 Å². The van der Waals surface area contributed by atoms with E-state index in [4.69, 9.17) is 9.15 Å². The highest BCUT2D eigenvalue weighted by Gasteiger charge is 2.45. The third kappa shape index (κ3) is 2.81. The number of ether oxygens (including phenoxy) is 1. The van der Waals surface area contributed by atoms with Crippen molar-refractivity contribution in [3.8, 4) is 0 Å². The molecule has 28 heavy (non-hydrogen) atoms. The molecule has 1 saturated heterocycles. The van der Waals surface area contributed by atoms with Crippen LogP contribution >= 0.6 is 0 Å². The Balaban J connectivity index is 1.38. The van der Waals surface area contributed by atoms with E-state index in [0.717, 1.165) is 12.8 Å². The molecule has 5 rings (SSSR count). The van der Waals surface area contributed by atoms with Crippen molar-refractivity contribution in [2.24, 2.45) is 5.92 Å². The molecule has 9 heteroatoms. The van der Waals surface area contributed by atoms with Crippen molar-refractivity contribution in [2.75, 3.05) is 13.1 Å². The molecular formula is C19H22N4O5. The van der Waals surface area contributed by atoms with Gasteiger partial charge in [0.15, 0.2) is 11.6 Å². The average Bonchev–Trinajstić information content (AvgIpc) is 3.33. The summed E-state index contributed by atoms with van der Waals surface area (Å²) in [5, 5.41) is 4.39. The lowest BCUT2D eigenvalue weighted by atomic mass is 9.85. The zero-order chi connectivity index (χ0) is 19.3. The van der Waals surface area contributed by atoms with Crippen LogP contribution in [-0.4, -0.2) is 43.8 Å². The Bertz CT molecular complexity index is 1020.